The number of hydrogen-bond acceptors (Lipinski definition) is 1. The van der Waals surface area contributed by atoms with Crippen molar-refractivity contribution < 1.29 is 4.79 Å². The Morgan fingerprint density at radius 2 is 1.90 bits per heavy atom. The molecule has 0 aromatic rings. The first-order valence-corrected chi connectivity index (χ1v) is 9.33. The van der Waals surface area contributed by atoms with E-state index in [9.17, 15) is 4.79 Å². The first-order chi connectivity index (χ1) is 9.48. The van der Waals surface area contributed by atoms with E-state index < -0.39 is 0 Å². The third kappa shape index (κ3) is 2.07. The van der Waals surface area contributed by atoms with E-state index in [1.165, 1.54) is 51.4 Å². The highest BCUT2D eigenvalue weighted by atomic mass is 79.9. The fraction of sp³-hybridized carbons (Fsp3) is 0.941. The molecule has 3 heteroatoms. The zero-order valence-corrected chi connectivity index (χ0v) is 14.1. The number of nitrogens with zero attached hydrogens (tertiary/aromatic N) is 1. The van der Waals surface area contributed by atoms with Crippen molar-refractivity contribution in [3.8, 4) is 0 Å². The Kier molecular flexibility index (Phi) is 3.04. The molecular weight excluding hydrogens is 314 g/mol. The minimum absolute atomic E-state index is 0.0306. The van der Waals surface area contributed by atoms with Gasteiger partial charge >= 0.3 is 0 Å². The van der Waals surface area contributed by atoms with Crippen molar-refractivity contribution in [3.63, 3.8) is 0 Å². The normalized spacial score (nSPS) is 50.5. The lowest BCUT2D eigenvalue weighted by atomic mass is 9.44. The van der Waals surface area contributed by atoms with Crippen molar-refractivity contribution in [2.75, 3.05) is 13.1 Å². The summed E-state index contributed by atoms with van der Waals surface area (Å²) in [7, 11) is 0. The van der Waals surface area contributed by atoms with Gasteiger partial charge in [0.15, 0.2) is 0 Å². The predicted octanol–water partition coefficient (Wildman–Crippen LogP) is 3.98. The number of piperidine rings is 1. The first-order valence-electron chi connectivity index (χ1n) is 8.42. The highest BCUT2D eigenvalue weighted by molar-refractivity contribution is 9.09. The van der Waals surface area contributed by atoms with Gasteiger partial charge in [-0.15, -0.1) is 0 Å². The standard InChI is InChI=1S/C17H26BrNO/c1-16-6-12-5-13(7-16)9-17(8-12,11-16)15(20)19-4-2-3-14(18)10-19/h12-14H,2-11H2,1H3. The molecule has 0 aromatic carbocycles. The maximum Gasteiger partial charge on any atom is 0.228 e. The number of halogens is 1. The maximum atomic E-state index is 13.2. The van der Waals surface area contributed by atoms with Crippen molar-refractivity contribution in [1.29, 1.82) is 0 Å². The molecule has 20 heavy (non-hydrogen) atoms. The Morgan fingerprint density at radius 1 is 1.20 bits per heavy atom. The Labute approximate surface area is 130 Å². The van der Waals surface area contributed by atoms with Crippen LogP contribution in [-0.2, 0) is 4.79 Å². The summed E-state index contributed by atoms with van der Waals surface area (Å²) in [6.45, 7) is 4.39. The van der Waals surface area contributed by atoms with Gasteiger partial charge in [0.25, 0.3) is 0 Å². The number of hydrogen-bond donors (Lipinski definition) is 0. The van der Waals surface area contributed by atoms with Crippen molar-refractivity contribution >= 4 is 21.8 Å². The van der Waals surface area contributed by atoms with E-state index in [4.69, 9.17) is 0 Å². The quantitative estimate of drug-likeness (QED) is 0.661. The van der Waals surface area contributed by atoms with Crippen LogP contribution < -0.4 is 0 Å². The molecule has 112 valence electrons. The molecule has 0 N–H and O–H groups in total. The monoisotopic (exact) mass is 339 g/mol. The van der Waals surface area contributed by atoms with Gasteiger partial charge in [-0.05, 0) is 68.6 Å². The number of rotatable bonds is 1. The van der Waals surface area contributed by atoms with Crippen molar-refractivity contribution in [3.05, 3.63) is 0 Å². The summed E-state index contributed by atoms with van der Waals surface area (Å²) in [6.07, 6.45) is 10.1. The van der Waals surface area contributed by atoms with Crippen LogP contribution in [0.3, 0.4) is 0 Å². The molecule has 1 saturated heterocycles. The molecule has 5 aliphatic rings. The van der Waals surface area contributed by atoms with Crippen LogP contribution in [0.5, 0.6) is 0 Å². The van der Waals surface area contributed by atoms with Crippen molar-refractivity contribution in [2.45, 2.75) is 63.1 Å². The number of likely N-dealkylation sites (tertiary alicyclic amines) is 1. The first kappa shape index (κ1) is 13.6. The number of carbonyl (C=O) groups excluding carboxylic acids is 1. The Balaban J connectivity index is 1.59. The third-order valence-corrected chi connectivity index (χ3v) is 7.21. The van der Waals surface area contributed by atoms with Crippen LogP contribution in [0.25, 0.3) is 0 Å². The molecule has 4 saturated carbocycles. The largest absolute Gasteiger partial charge is 0.341 e. The van der Waals surface area contributed by atoms with Gasteiger partial charge in [-0.25, -0.2) is 0 Å². The van der Waals surface area contributed by atoms with E-state index in [0.717, 1.165) is 24.9 Å². The third-order valence-electron chi connectivity index (χ3n) is 6.46. The second kappa shape index (κ2) is 4.47. The molecule has 2 nitrogen and oxygen atoms in total. The highest BCUT2D eigenvalue weighted by Gasteiger charge is 2.59. The van der Waals surface area contributed by atoms with Crippen LogP contribution in [0.15, 0.2) is 0 Å². The molecular formula is C17H26BrNO. The maximum absolute atomic E-state index is 13.2. The highest BCUT2D eigenvalue weighted by Crippen LogP contribution is 2.65. The molecule has 3 unspecified atom stereocenters. The zero-order chi connectivity index (χ0) is 14.0. The average Bonchev–Trinajstić information content (AvgIpc) is 2.35. The molecule has 4 aliphatic carbocycles. The smallest absolute Gasteiger partial charge is 0.228 e. The van der Waals surface area contributed by atoms with Crippen LogP contribution in [-0.4, -0.2) is 28.7 Å². The molecule has 0 aromatic heterocycles. The summed E-state index contributed by atoms with van der Waals surface area (Å²) >= 11 is 3.72. The second-order valence-corrected chi connectivity index (χ2v) is 9.84. The van der Waals surface area contributed by atoms with Gasteiger partial charge in [-0.2, -0.15) is 0 Å². The van der Waals surface area contributed by atoms with Crippen LogP contribution in [0.2, 0.25) is 0 Å². The summed E-state index contributed by atoms with van der Waals surface area (Å²) < 4.78 is 0. The predicted molar refractivity (Wildman–Crippen MR) is 83.8 cm³/mol. The summed E-state index contributed by atoms with van der Waals surface area (Å²) in [6, 6.07) is 0. The van der Waals surface area contributed by atoms with Crippen LogP contribution >= 0.6 is 15.9 Å². The van der Waals surface area contributed by atoms with Gasteiger partial charge < -0.3 is 4.90 Å². The lowest BCUT2D eigenvalue weighted by Crippen LogP contribution is -2.58. The molecule has 1 aliphatic heterocycles. The van der Waals surface area contributed by atoms with Gasteiger partial charge in [0.1, 0.15) is 0 Å². The minimum Gasteiger partial charge on any atom is -0.341 e. The molecule has 0 radical (unpaired) electrons. The van der Waals surface area contributed by atoms with Gasteiger partial charge in [0.2, 0.25) is 5.91 Å². The number of carbonyl (C=O) groups is 1. The van der Waals surface area contributed by atoms with Gasteiger partial charge in [0.05, 0.1) is 5.41 Å². The zero-order valence-electron chi connectivity index (χ0n) is 12.5. The van der Waals surface area contributed by atoms with Crippen molar-refractivity contribution in [2.24, 2.45) is 22.7 Å². The van der Waals surface area contributed by atoms with E-state index in [-0.39, 0.29) is 5.41 Å². The van der Waals surface area contributed by atoms with Crippen molar-refractivity contribution in [1.82, 2.24) is 4.90 Å². The van der Waals surface area contributed by atoms with Crippen LogP contribution in [0.1, 0.15) is 58.3 Å². The van der Waals surface area contributed by atoms with Gasteiger partial charge in [-0.1, -0.05) is 22.9 Å². The molecule has 4 bridgehead atoms. The molecule has 3 atom stereocenters. The van der Waals surface area contributed by atoms with E-state index in [0.29, 0.717) is 16.1 Å². The summed E-state index contributed by atoms with van der Waals surface area (Å²) in [5.41, 5.74) is 0.506. The Hall–Kier alpha value is -0.0500. The van der Waals surface area contributed by atoms with E-state index >= 15 is 0 Å². The van der Waals surface area contributed by atoms with E-state index in [1.54, 1.807) is 0 Å². The number of alkyl halides is 1. The van der Waals surface area contributed by atoms with E-state index in [2.05, 4.69) is 27.8 Å². The Morgan fingerprint density at radius 3 is 2.50 bits per heavy atom. The SMILES string of the molecule is CC12CC3CC(C1)CC(C(=O)N1CCCC(Br)C1)(C3)C2. The lowest BCUT2D eigenvalue weighted by Gasteiger charge is -2.61. The Bertz CT molecular complexity index is 421. The average molecular weight is 340 g/mol. The van der Waals surface area contributed by atoms with Gasteiger partial charge in [0, 0.05) is 17.9 Å². The molecule has 1 heterocycles. The topological polar surface area (TPSA) is 20.3 Å². The lowest BCUT2D eigenvalue weighted by molar-refractivity contribution is -0.166. The fourth-order valence-corrected chi connectivity index (χ4v) is 7.09. The van der Waals surface area contributed by atoms with E-state index in [1.807, 2.05) is 0 Å². The summed E-state index contributed by atoms with van der Waals surface area (Å²) in [5, 5.41) is 0. The fourth-order valence-electron chi connectivity index (χ4n) is 6.42. The van der Waals surface area contributed by atoms with Crippen LogP contribution in [0, 0.1) is 22.7 Å². The number of amides is 1. The minimum atomic E-state index is 0.0306. The summed E-state index contributed by atoms with van der Waals surface area (Å²) in [5.74, 6) is 2.20. The molecule has 0 spiro atoms. The van der Waals surface area contributed by atoms with Gasteiger partial charge in [-0.3, -0.25) is 4.79 Å². The summed E-state index contributed by atoms with van der Waals surface area (Å²) in [4.78, 5) is 16.0. The van der Waals surface area contributed by atoms with Crippen LogP contribution in [0.4, 0.5) is 0 Å². The molecule has 5 rings (SSSR count). The molecule has 1 amide bonds. The molecule has 5 fully saturated rings. The second-order valence-electron chi connectivity index (χ2n) is 8.54.